The van der Waals surface area contributed by atoms with E-state index in [0.29, 0.717) is 32.8 Å². The maximum absolute atomic E-state index is 12.9. The Labute approximate surface area is 179 Å². The summed E-state index contributed by atoms with van der Waals surface area (Å²) >= 11 is 0. The molecule has 7 nitrogen and oxygen atoms in total. The first-order chi connectivity index (χ1) is 14.3. The summed E-state index contributed by atoms with van der Waals surface area (Å²) in [7, 11) is -7.30. The van der Waals surface area contributed by atoms with Gasteiger partial charge in [0, 0.05) is 19.6 Å². The topological polar surface area (TPSA) is 92.8 Å². The number of nitrogens with zero attached hydrogens (tertiary/aromatic N) is 1. The van der Waals surface area contributed by atoms with Crippen LogP contribution >= 0.6 is 0 Å². The van der Waals surface area contributed by atoms with Crippen molar-refractivity contribution in [3.05, 3.63) is 24.3 Å². The highest BCUT2D eigenvalue weighted by molar-refractivity contribution is 7.89. The maximum Gasteiger partial charge on any atom is 0.243 e. The van der Waals surface area contributed by atoms with Crippen LogP contribution in [0.1, 0.15) is 38.5 Å². The van der Waals surface area contributed by atoms with Gasteiger partial charge in [0.1, 0.15) is 0 Å². The molecular weight excluding hydrogens is 424 g/mol. The predicted molar refractivity (Wildman–Crippen MR) is 112 cm³/mol. The lowest BCUT2D eigenvalue weighted by Gasteiger charge is -2.56. The van der Waals surface area contributed by atoms with Gasteiger partial charge in [-0.2, -0.15) is 4.31 Å². The predicted octanol–water partition coefficient (Wildman–Crippen LogP) is 2.20. The second kappa shape index (κ2) is 7.55. The van der Waals surface area contributed by atoms with E-state index in [9.17, 15) is 16.8 Å². The van der Waals surface area contributed by atoms with E-state index in [-0.39, 0.29) is 15.2 Å². The summed E-state index contributed by atoms with van der Waals surface area (Å²) in [5.74, 6) is 2.31. The van der Waals surface area contributed by atoms with E-state index in [2.05, 4.69) is 4.72 Å². The maximum atomic E-state index is 12.9. The summed E-state index contributed by atoms with van der Waals surface area (Å²) in [6.07, 6.45) is 7.38. The Kier molecular flexibility index (Phi) is 5.25. The zero-order valence-corrected chi connectivity index (χ0v) is 18.8. The van der Waals surface area contributed by atoms with E-state index in [1.54, 1.807) is 0 Å². The number of morpholine rings is 1. The van der Waals surface area contributed by atoms with Gasteiger partial charge >= 0.3 is 0 Å². The molecule has 5 fully saturated rings. The van der Waals surface area contributed by atoms with Gasteiger partial charge in [-0.1, -0.05) is 0 Å². The van der Waals surface area contributed by atoms with Crippen LogP contribution in [0, 0.1) is 23.2 Å². The third-order valence-corrected chi connectivity index (χ3v) is 10.9. The number of ether oxygens (including phenoxy) is 1. The van der Waals surface area contributed by atoms with Crippen molar-refractivity contribution >= 4 is 20.0 Å². The fourth-order valence-corrected chi connectivity index (χ4v) is 9.13. The molecular formula is C21H30N2O5S2. The van der Waals surface area contributed by atoms with E-state index in [1.807, 2.05) is 0 Å². The molecule has 1 aromatic rings. The lowest BCUT2D eigenvalue weighted by molar-refractivity contribution is -0.0487. The minimum atomic E-state index is -3.67. The number of hydrogen-bond acceptors (Lipinski definition) is 5. The first-order valence-corrected chi connectivity index (χ1v) is 13.9. The Morgan fingerprint density at radius 2 is 1.37 bits per heavy atom. The van der Waals surface area contributed by atoms with Crippen LogP contribution in [0.15, 0.2) is 34.1 Å². The van der Waals surface area contributed by atoms with Gasteiger partial charge in [0.25, 0.3) is 0 Å². The molecule has 0 amide bonds. The van der Waals surface area contributed by atoms with Crippen LogP contribution in [0.4, 0.5) is 0 Å². The highest BCUT2D eigenvalue weighted by Crippen LogP contribution is 2.59. The Bertz CT molecular complexity index is 963. The molecule has 1 heterocycles. The van der Waals surface area contributed by atoms with Crippen molar-refractivity contribution in [2.24, 2.45) is 23.2 Å². The first kappa shape index (κ1) is 20.9. The number of benzene rings is 1. The number of nitrogens with one attached hydrogen (secondary N) is 1. The van der Waals surface area contributed by atoms with Gasteiger partial charge in [-0.05, 0) is 86.0 Å². The van der Waals surface area contributed by atoms with Gasteiger partial charge in [-0.3, -0.25) is 0 Å². The molecule has 0 atom stereocenters. The summed E-state index contributed by atoms with van der Waals surface area (Å²) in [6.45, 7) is 1.87. The van der Waals surface area contributed by atoms with Gasteiger partial charge < -0.3 is 4.74 Å². The van der Waals surface area contributed by atoms with Crippen LogP contribution in [-0.2, 0) is 24.8 Å². The minimum absolute atomic E-state index is 0.113. The van der Waals surface area contributed by atoms with Crippen molar-refractivity contribution in [2.75, 3.05) is 32.8 Å². The average Bonchev–Trinajstić information content (AvgIpc) is 2.72. The standard InChI is InChI=1S/C21H30N2O5S2/c24-29(25,22-15-21-12-16-9-17(13-21)11-18(10-16)14-21)19-1-3-20(4-2-19)30(26,27)23-5-7-28-8-6-23/h1-4,16-18,22H,5-15H2. The fourth-order valence-electron chi connectivity index (χ4n) is 6.56. The number of rotatable bonds is 6. The highest BCUT2D eigenvalue weighted by Gasteiger charge is 2.51. The van der Waals surface area contributed by atoms with Crippen molar-refractivity contribution in [1.29, 1.82) is 0 Å². The van der Waals surface area contributed by atoms with Crippen LogP contribution in [0.3, 0.4) is 0 Å². The quantitative estimate of drug-likeness (QED) is 0.711. The summed E-state index contributed by atoms with van der Waals surface area (Å²) in [5.41, 5.74) is 0.113. The smallest absolute Gasteiger partial charge is 0.243 e. The third kappa shape index (κ3) is 3.83. The molecule has 0 aromatic heterocycles. The minimum Gasteiger partial charge on any atom is -0.379 e. The van der Waals surface area contributed by atoms with Crippen molar-refractivity contribution in [2.45, 2.75) is 48.3 Å². The van der Waals surface area contributed by atoms with Crippen molar-refractivity contribution in [3.63, 3.8) is 0 Å². The molecule has 4 saturated carbocycles. The first-order valence-electron chi connectivity index (χ1n) is 10.9. The van der Waals surface area contributed by atoms with Gasteiger partial charge in [0.05, 0.1) is 23.0 Å². The van der Waals surface area contributed by atoms with E-state index in [0.717, 1.165) is 37.0 Å². The van der Waals surface area contributed by atoms with E-state index >= 15 is 0 Å². The van der Waals surface area contributed by atoms with Gasteiger partial charge in [0.15, 0.2) is 0 Å². The van der Waals surface area contributed by atoms with E-state index in [4.69, 9.17) is 4.74 Å². The molecule has 5 aliphatic rings. The third-order valence-electron chi connectivity index (χ3n) is 7.54. The Morgan fingerprint density at radius 1 is 0.867 bits per heavy atom. The summed E-state index contributed by atoms with van der Waals surface area (Å²) in [4.78, 5) is 0.234. The Morgan fingerprint density at radius 3 is 1.90 bits per heavy atom. The molecule has 1 saturated heterocycles. The zero-order valence-electron chi connectivity index (χ0n) is 17.1. The van der Waals surface area contributed by atoms with Crippen LogP contribution in [0.25, 0.3) is 0 Å². The summed E-state index contributed by atoms with van der Waals surface area (Å²) < 4.78 is 60.7. The molecule has 6 rings (SSSR count). The lowest BCUT2D eigenvalue weighted by atomic mass is 9.50. The molecule has 1 N–H and O–H groups in total. The summed E-state index contributed by atoms with van der Waals surface area (Å²) in [5, 5.41) is 0. The summed E-state index contributed by atoms with van der Waals surface area (Å²) in [6, 6.07) is 5.58. The normalized spacial score (nSPS) is 34.3. The van der Waals surface area contributed by atoms with Crippen LogP contribution in [0.2, 0.25) is 0 Å². The van der Waals surface area contributed by atoms with Gasteiger partial charge in [-0.25, -0.2) is 21.6 Å². The molecule has 4 aliphatic carbocycles. The average molecular weight is 455 g/mol. The van der Waals surface area contributed by atoms with E-state index in [1.165, 1.54) is 47.8 Å². The van der Waals surface area contributed by atoms with Crippen LogP contribution in [0.5, 0.6) is 0 Å². The molecule has 1 aromatic carbocycles. The number of sulfonamides is 2. The molecule has 166 valence electrons. The number of hydrogen-bond donors (Lipinski definition) is 1. The Hall–Kier alpha value is -1.00. The lowest BCUT2D eigenvalue weighted by Crippen LogP contribution is -2.51. The molecule has 0 unspecified atom stereocenters. The van der Waals surface area contributed by atoms with Crippen LogP contribution in [-0.4, -0.2) is 54.0 Å². The van der Waals surface area contributed by atoms with E-state index < -0.39 is 20.0 Å². The Balaban J connectivity index is 1.28. The molecule has 0 radical (unpaired) electrons. The zero-order chi connectivity index (χ0) is 21.0. The van der Waals surface area contributed by atoms with Gasteiger partial charge in [-0.15, -0.1) is 0 Å². The molecule has 30 heavy (non-hydrogen) atoms. The highest BCUT2D eigenvalue weighted by atomic mass is 32.2. The van der Waals surface area contributed by atoms with Crippen molar-refractivity contribution in [1.82, 2.24) is 9.03 Å². The fraction of sp³-hybridized carbons (Fsp3) is 0.714. The largest absolute Gasteiger partial charge is 0.379 e. The molecule has 9 heteroatoms. The molecule has 4 bridgehead atoms. The van der Waals surface area contributed by atoms with Crippen molar-refractivity contribution < 1.29 is 21.6 Å². The molecule has 1 aliphatic heterocycles. The van der Waals surface area contributed by atoms with Gasteiger partial charge in [0.2, 0.25) is 20.0 Å². The second-order valence-corrected chi connectivity index (χ2v) is 13.4. The SMILES string of the molecule is O=S(=O)(NCC12CC3CC(CC(C3)C1)C2)c1ccc(S(=O)(=O)N2CCOCC2)cc1. The second-order valence-electron chi connectivity index (χ2n) is 9.73. The monoisotopic (exact) mass is 454 g/mol. The van der Waals surface area contributed by atoms with Crippen molar-refractivity contribution in [3.8, 4) is 0 Å². The molecule has 0 spiro atoms. The van der Waals surface area contributed by atoms with Crippen LogP contribution < -0.4 is 4.72 Å².